The number of hydrogen-bond acceptors (Lipinski definition) is 5. The van der Waals surface area contributed by atoms with Crippen LogP contribution in [0.4, 0.5) is 0 Å². The molecule has 0 aromatic carbocycles. The molecule has 0 aromatic rings. The minimum atomic E-state index is -0.671. The van der Waals surface area contributed by atoms with Crippen LogP contribution in [0, 0.1) is 11.3 Å². The Morgan fingerprint density at radius 1 is 0.821 bits per heavy atom. The molecule has 0 radical (unpaired) electrons. The average Bonchev–Trinajstić information content (AvgIpc) is 2.71. The van der Waals surface area contributed by atoms with Crippen molar-refractivity contribution in [3.8, 4) is 0 Å². The van der Waals surface area contributed by atoms with E-state index in [0.717, 1.165) is 11.5 Å². The fraction of sp³-hybridized carbons (Fsp3) is 0.955. The van der Waals surface area contributed by atoms with Crippen LogP contribution in [-0.2, 0) is 4.79 Å². The molecule has 1 unspecified atom stereocenters. The first-order valence-corrected chi connectivity index (χ1v) is 12.2. The summed E-state index contributed by atoms with van der Waals surface area (Å²) in [5.41, 5.74) is -0.667. The van der Waals surface area contributed by atoms with Gasteiger partial charge in [-0.3, -0.25) is 4.79 Å². The maximum Gasteiger partial charge on any atom is 0.307 e. The van der Waals surface area contributed by atoms with Gasteiger partial charge in [0.15, 0.2) is 0 Å². The van der Waals surface area contributed by atoms with Crippen molar-refractivity contribution < 1.29 is 25.2 Å². The van der Waals surface area contributed by atoms with Gasteiger partial charge in [0, 0.05) is 11.2 Å². The first-order chi connectivity index (χ1) is 13.4. The second-order valence-corrected chi connectivity index (χ2v) is 8.97. The lowest BCUT2D eigenvalue weighted by Crippen LogP contribution is -2.32. The van der Waals surface area contributed by atoms with E-state index in [4.69, 9.17) is 20.4 Å². The molecule has 0 bridgehead atoms. The molecule has 170 valence electrons. The molecule has 0 saturated heterocycles. The summed E-state index contributed by atoms with van der Waals surface area (Å²) < 4.78 is 0. The van der Waals surface area contributed by atoms with Crippen LogP contribution in [0.5, 0.6) is 0 Å². The van der Waals surface area contributed by atoms with E-state index in [9.17, 15) is 4.79 Å². The SMILES string of the molecule is CCC(CO)(CO)CO.CCCCCCCCCCCCSCC(C)C(=O)O. The summed E-state index contributed by atoms with van der Waals surface area (Å²) in [6, 6.07) is 0. The number of aliphatic hydroxyl groups excluding tert-OH is 3. The lowest BCUT2D eigenvalue weighted by atomic mass is 9.88. The highest BCUT2D eigenvalue weighted by atomic mass is 32.2. The molecule has 1 atom stereocenters. The molecule has 0 aliphatic rings. The zero-order valence-corrected chi connectivity index (χ0v) is 19.3. The Balaban J connectivity index is 0. The Labute approximate surface area is 177 Å². The molecular formula is C22H46O5S. The van der Waals surface area contributed by atoms with Crippen molar-refractivity contribution in [2.75, 3.05) is 31.3 Å². The number of carboxylic acids is 1. The van der Waals surface area contributed by atoms with E-state index in [-0.39, 0.29) is 25.7 Å². The van der Waals surface area contributed by atoms with Gasteiger partial charge in [-0.2, -0.15) is 11.8 Å². The number of hydrogen-bond donors (Lipinski definition) is 4. The van der Waals surface area contributed by atoms with Gasteiger partial charge in [-0.1, -0.05) is 78.6 Å². The number of carboxylic acid groups (broad SMARTS) is 1. The topological polar surface area (TPSA) is 98.0 Å². The minimum absolute atomic E-state index is 0.156. The van der Waals surface area contributed by atoms with Crippen LogP contribution >= 0.6 is 11.8 Å². The van der Waals surface area contributed by atoms with Crippen LogP contribution < -0.4 is 0 Å². The number of unbranched alkanes of at least 4 members (excludes halogenated alkanes) is 9. The number of thioether (sulfide) groups is 1. The maximum absolute atomic E-state index is 10.6. The predicted octanol–water partition coefficient (Wildman–Crippen LogP) is 4.72. The summed E-state index contributed by atoms with van der Waals surface area (Å²) in [6.45, 7) is 5.40. The third-order valence-electron chi connectivity index (χ3n) is 5.19. The molecule has 0 saturated carbocycles. The van der Waals surface area contributed by atoms with E-state index in [2.05, 4.69) is 6.92 Å². The van der Waals surface area contributed by atoms with Gasteiger partial charge in [-0.15, -0.1) is 0 Å². The fourth-order valence-electron chi connectivity index (χ4n) is 2.51. The number of aliphatic carboxylic acids is 1. The summed E-state index contributed by atoms with van der Waals surface area (Å²) in [7, 11) is 0. The van der Waals surface area contributed by atoms with Crippen molar-refractivity contribution in [3.63, 3.8) is 0 Å². The summed E-state index contributed by atoms with van der Waals surface area (Å²) in [5.74, 6) is 1.00. The van der Waals surface area contributed by atoms with E-state index in [0.29, 0.717) is 6.42 Å². The van der Waals surface area contributed by atoms with Crippen molar-refractivity contribution in [2.24, 2.45) is 11.3 Å². The van der Waals surface area contributed by atoms with Gasteiger partial charge in [0.05, 0.1) is 25.7 Å². The van der Waals surface area contributed by atoms with Gasteiger partial charge in [-0.25, -0.2) is 0 Å². The predicted molar refractivity (Wildman–Crippen MR) is 120 cm³/mol. The van der Waals surface area contributed by atoms with Gasteiger partial charge >= 0.3 is 5.97 Å². The summed E-state index contributed by atoms with van der Waals surface area (Å²) in [4.78, 5) is 10.6. The van der Waals surface area contributed by atoms with Gasteiger partial charge in [0.25, 0.3) is 0 Å². The van der Waals surface area contributed by atoms with E-state index in [1.54, 1.807) is 18.7 Å². The maximum atomic E-state index is 10.6. The van der Waals surface area contributed by atoms with Gasteiger partial charge in [0.2, 0.25) is 0 Å². The first kappa shape index (κ1) is 29.9. The molecule has 0 amide bonds. The lowest BCUT2D eigenvalue weighted by Gasteiger charge is -2.24. The van der Waals surface area contributed by atoms with Crippen LogP contribution in [0.15, 0.2) is 0 Å². The smallest absolute Gasteiger partial charge is 0.307 e. The van der Waals surface area contributed by atoms with E-state index in [1.807, 2.05) is 6.92 Å². The molecule has 6 heteroatoms. The zero-order valence-electron chi connectivity index (χ0n) is 18.5. The van der Waals surface area contributed by atoms with Crippen LogP contribution in [0.25, 0.3) is 0 Å². The number of rotatable bonds is 18. The van der Waals surface area contributed by atoms with Crippen LogP contribution in [0.1, 0.15) is 91.4 Å². The van der Waals surface area contributed by atoms with Crippen LogP contribution in [0.2, 0.25) is 0 Å². The highest BCUT2D eigenvalue weighted by Gasteiger charge is 2.24. The Hall–Kier alpha value is -0.300. The monoisotopic (exact) mass is 422 g/mol. The molecule has 5 nitrogen and oxygen atoms in total. The molecule has 0 fully saturated rings. The van der Waals surface area contributed by atoms with Crippen molar-refractivity contribution in [1.29, 1.82) is 0 Å². The van der Waals surface area contributed by atoms with Crippen molar-refractivity contribution in [1.82, 2.24) is 0 Å². The Bertz CT molecular complexity index is 317. The molecule has 0 aliphatic heterocycles. The highest BCUT2D eigenvalue weighted by molar-refractivity contribution is 7.99. The standard InChI is InChI=1S/C16H32O2S.C6H14O3/c1-3-4-5-6-7-8-9-10-11-12-13-19-14-15(2)16(17)18;1-2-6(3-7,4-8)5-9/h15H,3-14H2,1-2H3,(H,17,18);7-9H,2-5H2,1H3. The normalized spacial score (nSPS) is 12.4. The molecule has 0 heterocycles. The Kier molecular flexibility index (Phi) is 22.9. The molecule has 0 aromatic heterocycles. The third-order valence-corrected chi connectivity index (χ3v) is 6.50. The van der Waals surface area contributed by atoms with E-state index >= 15 is 0 Å². The second kappa shape index (κ2) is 21.4. The molecule has 0 rings (SSSR count). The molecule has 28 heavy (non-hydrogen) atoms. The summed E-state index contributed by atoms with van der Waals surface area (Å²) >= 11 is 1.79. The average molecular weight is 423 g/mol. The molecule has 0 aliphatic carbocycles. The quantitative estimate of drug-likeness (QED) is 0.239. The number of aliphatic hydroxyl groups is 3. The molecule has 0 spiro atoms. The van der Waals surface area contributed by atoms with Crippen LogP contribution in [0.3, 0.4) is 0 Å². The fourth-order valence-corrected chi connectivity index (χ4v) is 3.58. The Morgan fingerprint density at radius 3 is 1.57 bits per heavy atom. The Morgan fingerprint density at radius 2 is 1.25 bits per heavy atom. The second-order valence-electron chi connectivity index (χ2n) is 7.82. The van der Waals surface area contributed by atoms with E-state index < -0.39 is 11.4 Å². The number of carbonyl (C=O) groups is 1. The molecule has 4 N–H and O–H groups in total. The highest BCUT2D eigenvalue weighted by Crippen LogP contribution is 2.18. The van der Waals surface area contributed by atoms with Crippen molar-refractivity contribution in [3.05, 3.63) is 0 Å². The minimum Gasteiger partial charge on any atom is -0.481 e. The third kappa shape index (κ3) is 17.8. The first-order valence-electron chi connectivity index (χ1n) is 11.1. The van der Waals surface area contributed by atoms with Crippen molar-refractivity contribution in [2.45, 2.75) is 91.4 Å². The van der Waals surface area contributed by atoms with Crippen molar-refractivity contribution >= 4 is 17.7 Å². The summed E-state index contributed by atoms with van der Waals surface area (Å²) in [6.07, 6.45) is 14.2. The largest absolute Gasteiger partial charge is 0.481 e. The van der Waals surface area contributed by atoms with Gasteiger partial charge < -0.3 is 20.4 Å². The summed E-state index contributed by atoms with van der Waals surface area (Å²) in [5, 5.41) is 34.7. The van der Waals surface area contributed by atoms with Crippen LogP contribution in [-0.4, -0.2) is 57.7 Å². The van der Waals surface area contributed by atoms with E-state index in [1.165, 1.54) is 64.2 Å². The van der Waals surface area contributed by atoms with Gasteiger partial charge in [-0.05, 0) is 18.6 Å². The zero-order chi connectivity index (χ0) is 21.7. The van der Waals surface area contributed by atoms with Gasteiger partial charge in [0.1, 0.15) is 0 Å². The molecular weight excluding hydrogens is 376 g/mol. The lowest BCUT2D eigenvalue weighted by molar-refractivity contribution is -0.140.